The molecule has 60 valence electrons. The molecular weight excluding hydrogens is 168 g/mol. The van der Waals surface area contributed by atoms with Gasteiger partial charge in [-0.25, -0.2) is 0 Å². The van der Waals surface area contributed by atoms with Crippen LogP contribution in [-0.4, -0.2) is 15.7 Å². The minimum atomic E-state index is -0.755. The maximum Gasteiger partial charge on any atom is 0.303 e. The van der Waals surface area contributed by atoms with Crippen LogP contribution in [0.3, 0.4) is 0 Å². The van der Waals surface area contributed by atoms with E-state index in [1.807, 2.05) is 6.92 Å². The molecule has 4 heteroatoms. The second kappa shape index (κ2) is 4.91. The number of rotatable bonds is 4. The van der Waals surface area contributed by atoms with Crippen molar-refractivity contribution in [2.75, 3.05) is 0 Å². The fraction of sp³-hybridized carbons (Fsp3) is 0.833. The predicted octanol–water partition coefficient (Wildman–Crippen LogP) is 1.67. The molecule has 0 aromatic heterocycles. The summed E-state index contributed by atoms with van der Waals surface area (Å²) in [6.07, 6.45) is 0.853. The van der Waals surface area contributed by atoms with Gasteiger partial charge >= 0.3 is 5.97 Å². The molecule has 0 aromatic rings. The van der Waals surface area contributed by atoms with Crippen LogP contribution in [0, 0.1) is 5.92 Å². The first-order chi connectivity index (χ1) is 4.54. The third-order valence-electron chi connectivity index (χ3n) is 1.32. The van der Waals surface area contributed by atoms with Gasteiger partial charge in [0.1, 0.15) is 0 Å². The van der Waals surface area contributed by atoms with Crippen LogP contribution >= 0.6 is 25.3 Å². The fourth-order valence-corrected chi connectivity index (χ4v) is 0.798. The van der Waals surface area contributed by atoms with Gasteiger partial charge in [0.15, 0.2) is 0 Å². The van der Waals surface area contributed by atoms with Gasteiger partial charge in [0.25, 0.3) is 0 Å². The Kier molecular flexibility index (Phi) is 4.99. The van der Waals surface area contributed by atoms with E-state index >= 15 is 0 Å². The molecule has 0 aliphatic rings. The highest BCUT2D eigenvalue weighted by atomic mass is 32.2. The van der Waals surface area contributed by atoms with Gasteiger partial charge in [0, 0.05) is 11.0 Å². The van der Waals surface area contributed by atoms with Crippen LogP contribution < -0.4 is 0 Å². The molecule has 0 aromatic carbocycles. The van der Waals surface area contributed by atoms with Crippen LogP contribution in [0.25, 0.3) is 0 Å². The van der Waals surface area contributed by atoms with Crippen molar-refractivity contribution >= 4 is 31.2 Å². The number of thiol groups is 2. The minimum absolute atomic E-state index is 0.0145. The molecule has 0 rings (SSSR count). The Labute approximate surface area is 71.8 Å². The Morgan fingerprint density at radius 1 is 1.60 bits per heavy atom. The summed E-state index contributed by atoms with van der Waals surface area (Å²) in [7, 11) is 0. The van der Waals surface area contributed by atoms with Gasteiger partial charge in [-0.3, -0.25) is 4.79 Å². The first-order valence-electron chi connectivity index (χ1n) is 3.12. The summed E-state index contributed by atoms with van der Waals surface area (Å²) in [4.78, 5) is 10.1. The zero-order valence-corrected chi connectivity index (χ0v) is 7.61. The molecule has 0 aliphatic carbocycles. The van der Waals surface area contributed by atoms with Gasteiger partial charge < -0.3 is 5.11 Å². The Morgan fingerprint density at radius 2 is 2.10 bits per heavy atom. The van der Waals surface area contributed by atoms with E-state index in [4.69, 9.17) is 5.11 Å². The van der Waals surface area contributed by atoms with E-state index in [1.54, 1.807) is 0 Å². The van der Waals surface area contributed by atoms with Crippen LogP contribution in [0.4, 0.5) is 0 Å². The SMILES string of the molecule is CC(CCC(=O)O)C(S)S. The average molecular weight is 180 g/mol. The van der Waals surface area contributed by atoms with Crippen molar-refractivity contribution in [3.63, 3.8) is 0 Å². The molecule has 0 bridgehead atoms. The average Bonchev–Trinajstić information content (AvgIpc) is 1.82. The third-order valence-corrected chi connectivity index (χ3v) is 2.34. The maximum absolute atomic E-state index is 10.1. The topological polar surface area (TPSA) is 37.3 Å². The van der Waals surface area contributed by atoms with Crippen LogP contribution in [-0.2, 0) is 4.79 Å². The second-order valence-corrected chi connectivity index (χ2v) is 3.84. The molecule has 0 saturated carbocycles. The standard InChI is InChI=1S/C6H12O2S2/c1-4(6(9)10)2-3-5(7)8/h4,6,9-10H,2-3H2,1H3,(H,7,8). The normalized spacial score (nSPS) is 13.6. The van der Waals surface area contributed by atoms with Crippen LogP contribution in [0.15, 0.2) is 0 Å². The predicted molar refractivity (Wildman–Crippen MR) is 47.8 cm³/mol. The molecule has 0 spiro atoms. The number of carbonyl (C=O) groups is 1. The molecule has 0 heterocycles. The van der Waals surface area contributed by atoms with Crippen LogP contribution in [0.2, 0.25) is 0 Å². The molecule has 2 nitrogen and oxygen atoms in total. The molecule has 10 heavy (non-hydrogen) atoms. The summed E-state index contributed by atoms with van der Waals surface area (Å²) in [5.74, 6) is -0.503. The van der Waals surface area contributed by atoms with Gasteiger partial charge in [-0.05, 0) is 12.3 Å². The monoisotopic (exact) mass is 180 g/mol. The van der Waals surface area contributed by atoms with Crippen molar-refractivity contribution in [1.82, 2.24) is 0 Å². The second-order valence-electron chi connectivity index (χ2n) is 2.32. The lowest BCUT2D eigenvalue weighted by molar-refractivity contribution is -0.137. The maximum atomic E-state index is 10.1. The number of hydrogen-bond acceptors (Lipinski definition) is 3. The lowest BCUT2D eigenvalue weighted by Crippen LogP contribution is -2.07. The van der Waals surface area contributed by atoms with E-state index in [1.165, 1.54) is 0 Å². The first kappa shape index (κ1) is 10.2. The summed E-state index contributed by atoms with van der Waals surface area (Å²) < 4.78 is -0.0145. The molecule has 0 amide bonds. The van der Waals surface area contributed by atoms with E-state index in [-0.39, 0.29) is 16.9 Å². The molecule has 0 saturated heterocycles. The Morgan fingerprint density at radius 3 is 2.40 bits per heavy atom. The summed E-state index contributed by atoms with van der Waals surface area (Å²) in [5, 5.41) is 8.29. The minimum Gasteiger partial charge on any atom is -0.481 e. The van der Waals surface area contributed by atoms with Gasteiger partial charge in [-0.1, -0.05) is 6.92 Å². The van der Waals surface area contributed by atoms with E-state index in [0.29, 0.717) is 6.42 Å². The molecule has 1 unspecified atom stereocenters. The smallest absolute Gasteiger partial charge is 0.303 e. The lowest BCUT2D eigenvalue weighted by Gasteiger charge is -2.11. The summed E-state index contributed by atoms with van der Waals surface area (Å²) in [6.45, 7) is 1.94. The van der Waals surface area contributed by atoms with Crippen molar-refractivity contribution in [3.8, 4) is 0 Å². The Balaban J connectivity index is 3.39. The molecule has 0 radical (unpaired) electrons. The number of carboxylic acids is 1. The number of carboxylic acid groups (broad SMARTS) is 1. The highest BCUT2D eigenvalue weighted by molar-refractivity contribution is 7.99. The van der Waals surface area contributed by atoms with Gasteiger partial charge in [-0.15, -0.1) is 0 Å². The lowest BCUT2D eigenvalue weighted by atomic mass is 10.1. The van der Waals surface area contributed by atoms with Crippen molar-refractivity contribution in [1.29, 1.82) is 0 Å². The van der Waals surface area contributed by atoms with E-state index in [9.17, 15) is 4.79 Å². The van der Waals surface area contributed by atoms with Gasteiger partial charge in [0.2, 0.25) is 0 Å². The molecule has 1 atom stereocenters. The Bertz CT molecular complexity index is 114. The third kappa shape index (κ3) is 4.99. The zero-order chi connectivity index (χ0) is 8.15. The molecule has 1 N–H and O–H groups in total. The van der Waals surface area contributed by atoms with Crippen molar-refractivity contribution in [3.05, 3.63) is 0 Å². The molecular formula is C6H12O2S2. The van der Waals surface area contributed by atoms with Crippen molar-refractivity contribution in [2.45, 2.75) is 24.3 Å². The van der Waals surface area contributed by atoms with E-state index < -0.39 is 5.97 Å². The highest BCUT2D eigenvalue weighted by Gasteiger charge is 2.09. The summed E-state index contributed by atoms with van der Waals surface area (Å²) in [6, 6.07) is 0. The summed E-state index contributed by atoms with van der Waals surface area (Å²) in [5.41, 5.74) is 0. The zero-order valence-electron chi connectivity index (χ0n) is 5.82. The highest BCUT2D eigenvalue weighted by Crippen LogP contribution is 2.18. The van der Waals surface area contributed by atoms with E-state index in [0.717, 1.165) is 0 Å². The number of aliphatic carboxylic acids is 1. The van der Waals surface area contributed by atoms with Crippen molar-refractivity contribution in [2.24, 2.45) is 5.92 Å². The Hall–Kier alpha value is 0.170. The van der Waals surface area contributed by atoms with Crippen LogP contribution in [0.5, 0.6) is 0 Å². The van der Waals surface area contributed by atoms with Gasteiger partial charge in [-0.2, -0.15) is 25.3 Å². The largest absolute Gasteiger partial charge is 0.481 e. The van der Waals surface area contributed by atoms with Gasteiger partial charge in [0.05, 0.1) is 0 Å². The molecule has 0 aliphatic heterocycles. The number of hydrogen-bond donors (Lipinski definition) is 3. The summed E-state index contributed by atoms with van der Waals surface area (Å²) >= 11 is 8.13. The fourth-order valence-electron chi connectivity index (χ4n) is 0.500. The van der Waals surface area contributed by atoms with Crippen molar-refractivity contribution < 1.29 is 9.90 Å². The van der Waals surface area contributed by atoms with E-state index in [2.05, 4.69) is 25.3 Å². The molecule has 0 fully saturated rings. The quantitative estimate of drug-likeness (QED) is 0.455. The van der Waals surface area contributed by atoms with Crippen LogP contribution in [0.1, 0.15) is 19.8 Å². The first-order valence-corrected chi connectivity index (χ1v) is 4.15.